The zero-order chi connectivity index (χ0) is 21.0. The van der Waals surface area contributed by atoms with E-state index in [1.807, 2.05) is 30.3 Å². The Hall–Kier alpha value is -3.46. The van der Waals surface area contributed by atoms with Crippen molar-refractivity contribution in [3.8, 4) is 11.3 Å². The van der Waals surface area contributed by atoms with Crippen LogP contribution in [0.4, 0.5) is 5.82 Å². The third-order valence-corrected chi connectivity index (χ3v) is 4.22. The summed E-state index contributed by atoms with van der Waals surface area (Å²) in [6.07, 6.45) is 1.24. The lowest BCUT2D eigenvalue weighted by molar-refractivity contribution is -0.133. The number of aromatic nitrogens is 2. The fraction of sp³-hybridized carbons (Fsp3) is 0.300. The molecule has 2 amide bonds. The molecule has 1 aliphatic heterocycles. The van der Waals surface area contributed by atoms with Crippen LogP contribution in [-0.2, 0) is 19.1 Å². The second-order valence-corrected chi connectivity index (χ2v) is 7.24. The molecule has 152 valence electrons. The van der Waals surface area contributed by atoms with Crippen molar-refractivity contribution >= 4 is 23.4 Å². The van der Waals surface area contributed by atoms with Crippen LogP contribution < -0.4 is 10.6 Å². The number of H-pyrrole nitrogens is 1. The molecule has 29 heavy (non-hydrogen) atoms. The minimum absolute atomic E-state index is 0.149. The SMILES string of the molecule is CC1(C)CC(=O)C=C(C(=O)N[C@@H](CO)C(=O)Nc2cc(-c3ccccc3)[nH]n2)O1. The van der Waals surface area contributed by atoms with Gasteiger partial charge in [-0.05, 0) is 19.4 Å². The van der Waals surface area contributed by atoms with Crippen LogP contribution in [0.5, 0.6) is 0 Å². The smallest absolute Gasteiger partial charge is 0.287 e. The monoisotopic (exact) mass is 398 g/mol. The van der Waals surface area contributed by atoms with E-state index in [1.54, 1.807) is 19.9 Å². The summed E-state index contributed by atoms with van der Waals surface area (Å²) in [7, 11) is 0. The van der Waals surface area contributed by atoms with E-state index in [0.717, 1.165) is 11.6 Å². The summed E-state index contributed by atoms with van der Waals surface area (Å²) in [6.45, 7) is 2.73. The van der Waals surface area contributed by atoms with Crippen LogP contribution in [0.25, 0.3) is 11.3 Å². The van der Waals surface area contributed by atoms with Crippen molar-refractivity contribution in [3.63, 3.8) is 0 Å². The number of rotatable bonds is 6. The average Bonchev–Trinajstić information content (AvgIpc) is 3.13. The van der Waals surface area contributed by atoms with Crippen LogP contribution in [-0.4, -0.2) is 51.2 Å². The van der Waals surface area contributed by atoms with E-state index in [9.17, 15) is 19.5 Å². The maximum absolute atomic E-state index is 12.4. The Morgan fingerprint density at radius 1 is 1.31 bits per heavy atom. The fourth-order valence-corrected chi connectivity index (χ4v) is 2.88. The number of amides is 2. The Morgan fingerprint density at radius 3 is 2.69 bits per heavy atom. The van der Waals surface area contributed by atoms with Gasteiger partial charge in [0.1, 0.15) is 11.6 Å². The lowest BCUT2D eigenvalue weighted by Gasteiger charge is -2.30. The first kappa shape index (κ1) is 20.3. The summed E-state index contributed by atoms with van der Waals surface area (Å²) in [6, 6.07) is 9.80. The van der Waals surface area contributed by atoms with Gasteiger partial charge in [0.15, 0.2) is 17.4 Å². The minimum Gasteiger partial charge on any atom is -0.482 e. The number of ketones is 1. The van der Waals surface area contributed by atoms with Gasteiger partial charge in [0.25, 0.3) is 11.8 Å². The predicted octanol–water partition coefficient (Wildman–Crippen LogP) is 1.14. The lowest BCUT2D eigenvalue weighted by atomic mass is 9.98. The number of nitrogens with one attached hydrogen (secondary N) is 3. The number of hydrogen-bond donors (Lipinski definition) is 4. The van der Waals surface area contributed by atoms with Crippen molar-refractivity contribution < 1.29 is 24.2 Å². The normalized spacial score (nSPS) is 16.4. The van der Waals surface area contributed by atoms with Gasteiger partial charge < -0.3 is 20.5 Å². The molecular weight excluding hydrogens is 376 g/mol. The number of ether oxygens (including phenoxy) is 1. The van der Waals surface area contributed by atoms with Crippen LogP contribution in [0.15, 0.2) is 48.2 Å². The molecule has 9 nitrogen and oxygen atoms in total. The fourth-order valence-electron chi connectivity index (χ4n) is 2.88. The Balaban J connectivity index is 1.64. The van der Waals surface area contributed by atoms with E-state index < -0.39 is 30.1 Å². The number of carbonyl (C=O) groups excluding carboxylic acids is 3. The molecule has 0 unspecified atom stereocenters. The van der Waals surface area contributed by atoms with Gasteiger partial charge in [-0.15, -0.1) is 0 Å². The largest absolute Gasteiger partial charge is 0.482 e. The molecule has 1 aromatic heterocycles. The zero-order valence-corrected chi connectivity index (χ0v) is 16.1. The van der Waals surface area contributed by atoms with Gasteiger partial charge in [-0.1, -0.05) is 30.3 Å². The second kappa shape index (κ2) is 8.27. The van der Waals surface area contributed by atoms with E-state index in [0.29, 0.717) is 5.69 Å². The molecular formula is C20H22N4O5. The standard InChI is InChI=1S/C20H22N4O5/c1-20(2)10-13(26)8-16(29-20)19(28)21-15(11-25)18(27)22-17-9-14(23-24-17)12-6-4-3-5-7-12/h3-9,15,25H,10-11H2,1-2H3,(H,21,28)(H2,22,23,24,27)/t15-/m0/s1. The molecule has 3 rings (SSSR count). The lowest BCUT2D eigenvalue weighted by Crippen LogP contribution is -2.48. The first-order valence-corrected chi connectivity index (χ1v) is 9.04. The molecule has 9 heteroatoms. The van der Waals surface area contributed by atoms with Crippen LogP contribution in [0.1, 0.15) is 20.3 Å². The van der Waals surface area contributed by atoms with Crippen molar-refractivity contribution in [2.75, 3.05) is 11.9 Å². The van der Waals surface area contributed by atoms with E-state index >= 15 is 0 Å². The van der Waals surface area contributed by atoms with E-state index in [-0.39, 0.29) is 23.8 Å². The molecule has 0 bridgehead atoms. The summed E-state index contributed by atoms with van der Waals surface area (Å²) in [5, 5.41) is 21.3. The second-order valence-electron chi connectivity index (χ2n) is 7.24. The Labute approximate surface area is 167 Å². The van der Waals surface area contributed by atoms with Crippen LogP contribution in [0, 0.1) is 0 Å². The van der Waals surface area contributed by atoms with Crippen molar-refractivity contribution in [1.82, 2.24) is 15.5 Å². The Bertz CT molecular complexity index is 949. The number of carbonyl (C=O) groups is 3. The molecule has 0 aliphatic carbocycles. The topological polar surface area (TPSA) is 133 Å². The number of anilines is 1. The number of nitrogens with zero attached hydrogens (tertiary/aromatic N) is 1. The Kier molecular flexibility index (Phi) is 5.79. The van der Waals surface area contributed by atoms with E-state index in [4.69, 9.17) is 4.74 Å². The molecule has 1 aliphatic rings. The maximum Gasteiger partial charge on any atom is 0.287 e. The van der Waals surface area contributed by atoms with Crippen molar-refractivity contribution in [2.24, 2.45) is 0 Å². The van der Waals surface area contributed by atoms with Gasteiger partial charge in [-0.2, -0.15) is 5.10 Å². The maximum atomic E-state index is 12.4. The van der Waals surface area contributed by atoms with Gasteiger partial charge in [0, 0.05) is 18.6 Å². The average molecular weight is 398 g/mol. The molecule has 4 N–H and O–H groups in total. The third kappa shape index (κ3) is 5.08. The summed E-state index contributed by atoms with van der Waals surface area (Å²) in [5.41, 5.74) is 0.770. The predicted molar refractivity (Wildman–Crippen MR) is 105 cm³/mol. The number of benzene rings is 1. The number of aromatic amines is 1. The molecule has 2 heterocycles. The van der Waals surface area contributed by atoms with Crippen molar-refractivity contribution in [1.29, 1.82) is 0 Å². The van der Waals surface area contributed by atoms with Crippen molar-refractivity contribution in [3.05, 3.63) is 48.2 Å². The molecule has 2 aromatic rings. The first-order valence-electron chi connectivity index (χ1n) is 9.04. The van der Waals surface area contributed by atoms with Gasteiger partial charge in [-0.25, -0.2) is 0 Å². The first-order chi connectivity index (χ1) is 13.8. The molecule has 0 radical (unpaired) electrons. The van der Waals surface area contributed by atoms with Gasteiger partial charge in [0.05, 0.1) is 12.3 Å². The Morgan fingerprint density at radius 2 is 2.03 bits per heavy atom. The van der Waals surface area contributed by atoms with Gasteiger partial charge in [-0.3, -0.25) is 19.5 Å². The quantitative estimate of drug-likeness (QED) is 0.577. The molecule has 1 aromatic carbocycles. The van der Waals surface area contributed by atoms with Gasteiger partial charge >= 0.3 is 0 Å². The van der Waals surface area contributed by atoms with E-state index in [1.165, 1.54) is 0 Å². The molecule has 0 saturated carbocycles. The van der Waals surface area contributed by atoms with Crippen LogP contribution >= 0.6 is 0 Å². The third-order valence-electron chi connectivity index (χ3n) is 4.22. The molecule has 0 saturated heterocycles. The molecule has 0 fully saturated rings. The highest BCUT2D eigenvalue weighted by Gasteiger charge is 2.33. The highest BCUT2D eigenvalue weighted by molar-refractivity contribution is 6.04. The molecule has 1 atom stereocenters. The van der Waals surface area contributed by atoms with Crippen LogP contribution in [0.3, 0.4) is 0 Å². The minimum atomic E-state index is -1.25. The summed E-state index contributed by atoms with van der Waals surface area (Å²) < 4.78 is 5.50. The van der Waals surface area contributed by atoms with E-state index in [2.05, 4.69) is 20.8 Å². The van der Waals surface area contributed by atoms with Crippen LogP contribution in [0.2, 0.25) is 0 Å². The highest BCUT2D eigenvalue weighted by Crippen LogP contribution is 2.24. The van der Waals surface area contributed by atoms with Crippen molar-refractivity contribution in [2.45, 2.75) is 31.9 Å². The zero-order valence-electron chi connectivity index (χ0n) is 16.1. The number of aliphatic hydroxyl groups excluding tert-OH is 1. The number of allylic oxidation sites excluding steroid dienone is 1. The number of hydrogen-bond acceptors (Lipinski definition) is 6. The number of aliphatic hydroxyl groups is 1. The highest BCUT2D eigenvalue weighted by atomic mass is 16.5. The van der Waals surface area contributed by atoms with Gasteiger partial charge in [0.2, 0.25) is 0 Å². The summed E-state index contributed by atoms with van der Waals surface area (Å²) in [4.78, 5) is 36.6. The molecule has 0 spiro atoms. The summed E-state index contributed by atoms with van der Waals surface area (Å²) >= 11 is 0. The summed E-state index contributed by atoms with van der Waals surface area (Å²) in [5.74, 6) is -1.61.